The average Bonchev–Trinajstić information content (AvgIpc) is 3.49. The molecule has 0 bridgehead atoms. The normalized spacial score (nSPS) is 27.1. The van der Waals surface area contributed by atoms with E-state index in [0.717, 1.165) is 54.9 Å². The molecule has 0 aromatic heterocycles. The second-order valence-electron chi connectivity index (χ2n) is 12.2. The van der Waals surface area contributed by atoms with Gasteiger partial charge in [0.15, 0.2) is 0 Å². The molecule has 4 rings (SSSR count). The van der Waals surface area contributed by atoms with Crippen LogP contribution in [0.5, 0.6) is 0 Å². The van der Waals surface area contributed by atoms with Crippen LogP contribution in [0.15, 0.2) is 11.0 Å². The van der Waals surface area contributed by atoms with Crippen LogP contribution >= 0.6 is 23.5 Å². The summed E-state index contributed by atoms with van der Waals surface area (Å²) in [4.78, 5) is 55.3. The van der Waals surface area contributed by atoms with Gasteiger partial charge in [0.2, 0.25) is 17.7 Å². The van der Waals surface area contributed by atoms with E-state index in [1.807, 2.05) is 27.7 Å². The van der Waals surface area contributed by atoms with Crippen molar-refractivity contribution in [2.45, 2.75) is 102 Å². The first-order chi connectivity index (χ1) is 17.9. The molecule has 0 saturated carbocycles. The molecule has 0 aliphatic carbocycles. The maximum atomic E-state index is 13.0. The second kappa shape index (κ2) is 12.2. The van der Waals surface area contributed by atoms with Gasteiger partial charge in [-0.15, -0.1) is 11.8 Å². The Kier molecular flexibility index (Phi) is 9.56. The number of imide groups is 2. The highest BCUT2D eigenvalue weighted by Gasteiger charge is 2.48. The number of fused-ring (bicyclic) bond motifs is 2. The molecule has 0 N–H and O–H groups in total. The lowest BCUT2D eigenvalue weighted by molar-refractivity contribution is -0.158. The molecule has 3 saturated heterocycles. The molecule has 7 nitrogen and oxygen atoms in total. The summed E-state index contributed by atoms with van der Waals surface area (Å²) >= 11 is 3.37. The number of likely N-dealkylation sites (tertiary alicyclic amines) is 1. The van der Waals surface area contributed by atoms with Crippen molar-refractivity contribution in [3.8, 4) is 0 Å². The smallest absolute Gasteiger partial charge is 0.254 e. The highest BCUT2D eigenvalue weighted by atomic mass is 32.2. The first kappa shape index (κ1) is 29.8. The van der Waals surface area contributed by atoms with Crippen LogP contribution in [0.2, 0.25) is 0 Å². The van der Waals surface area contributed by atoms with Crippen molar-refractivity contribution in [3.63, 3.8) is 0 Å². The molecule has 0 aromatic carbocycles. The molecule has 3 fully saturated rings. The predicted molar refractivity (Wildman–Crippen MR) is 155 cm³/mol. The van der Waals surface area contributed by atoms with Crippen molar-refractivity contribution in [2.24, 2.45) is 11.8 Å². The van der Waals surface area contributed by atoms with Crippen LogP contribution < -0.4 is 0 Å². The van der Waals surface area contributed by atoms with Crippen molar-refractivity contribution in [3.05, 3.63) is 11.0 Å². The molecule has 0 radical (unpaired) electrons. The molecule has 4 aliphatic heterocycles. The van der Waals surface area contributed by atoms with Crippen LogP contribution in [0.4, 0.5) is 0 Å². The fourth-order valence-corrected chi connectivity index (χ4v) is 10.1. The Hall–Kier alpha value is -1.13. The first-order valence-corrected chi connectivity index (χ1v) is 17.5. The summed E-state index contributed by atoms with van der Waals surface area (Å²) in [6, 6.07) is 0. The van der Waals surface area contributed by atoms with Gasteiger partial charge in [0.25, 0.3) is 5.91 Å². The van der Waals surface area contributed by atoms with E-state index < -0.39 is 21.9 Å². The van der Waals surface area contributed by atoms with E-state index in [1.54, 1.807) is 29.6 Å². The fraction of sp³-hybridized carbons (Fsp3) is 0.786. The number of thioether (sulfide) groups is 2. The zero-order valence-corrected chi connectivity index (χ0v) is 25.6. The molecular formula is C28H42N2O5S3. The highest BCUT2D eigenvalue weighted by molar-refractivity contribution is 8.03. The van der Waals surface area contributed by atoms with Gasteiger partial charge in [0, 0.05) is 56.0 Å². The monoisotopic (exact) mass is 582 g/mol. The maximum absolute atomic E-state index is 13.0. The summed E-state index contributed by atoms with van der Waals surface area (Å²) in [5.74, 6) is 2.57. The minimum atomic E-state index is -0.931. The topological polar surface area (TPSA) is 91.8 Å². The zero-order valence-electron chi connectivity index (χ0n) is 23.2. The molecule has 0 spiro atoms. The fourth-order valence-electron chi connectivity index (χ4n) is 6.26. The van der Waals surface area contributed by atoms with Crippen molar-refractivity contribution in [1.29, 1.82) is 0 Å². The third-order valence-electron chi connectivity index (χ3n) is 8.43. The maximum Gasteiger partial charge on any atom is 0.254 e. The van der Waals surface area contributed by atoms with Gasteiger partial charge in [-0.25, -0.2) is 0 Å². The zero-order chi connectivity index (χ0) is 27.7. The van der Waals surface area contributed by atoms with E-state index in [0.29, 0.717) is 30.8 Å². The number of hydrogen-bond donors (Lipinski definition) is 0. The Morgan fingerprint density at radius 2 is 1.50 bits per heavy atom. The van der Waals surface area contributed by atoms with Gasteiger partial charge in [-0.1, -0.05) is 12.8 Å². The largest absolute Gasteiger partial charge is 0.277 e. The Morgan fingerprint density at radius 1 is 0.868 bits per heavy atom. The van der Waals surface area contributed by atoms with E-state index in [-0.39, 0.29) is 40.7 Å². The molecule has 4 atom stereocenters. The number of amides is 4. The lowest BCUT2D eigenvalue weighted by atomic mass is 9.87. The van der Waals surface area contributed by atoms with Gasteiger partial charge < -0.3 is 0 Å². The molecule has 4 heterocycles. The molecule has 212 valence electrons. The summed E-state index contributed by atoms with van der Waals surface area (Å²) in [6.07, 6.45) is 8.39. The van der Waals surface area contributed by atoms with Crippen LogP contribution in [0, 0.1) is 11.8 Å². The van der Waals surface area contributed by atoms with Crippen LogP contribution in [0.1, 0.15) is 85.5 Å². The van der Waals surface area contributed by atoms with Crippen LogP contribution in [0.3, 0.4) is 0 Å². The standard InChI is InChI=1S/C28H42N2O5S3/c1-27(2,29-23(31)17-21-19(25(29)33)9-13-36-21)11-5-7-15-38(35)16-8-6-12-28(3,4)30-24(32)18-22-20(26(30)34)10-14-37-22/h17,19-20,22H,5-16,18H2,1-4H3. The lowest BCUT2D eigenvalue weighted by Gasteiger charge is -2.42. The van der Waals surface area contributed by atoms with Gasteiger partial charge in [0.1, 0.15) is 0 Å². The number of hydrogen-bond acceptors (Lipinski definition) is 7. The third kappa shape index (κ3) is 6.43. The number of nitrogens with zero attached hydrogens (tertiary/aromatic N) is 2. The number of rotatable bonds is 12. The van der Waals surface area contributed by atoms with E-state index in [2.05, 4.69) is 0 Å². The first-order valence-electron chi connectivity index (χ1n) is 14.0. The minimum Gasteiger partial charge on any atom is -0.277 e. The van der Waals surface area contributed by atoms with Crippen molar-refractivity contribution in [1.82, 2.24) is 9.80 Å². The molecule has 4 unspecified atom stereocenters. The van der Waals surface area contributed by atoms with Crippen molar-refractivity contribution < 1.29 is 23.4 Å². The summed E-state index contributed by atoms with van der Waals surface area (Å²) < 4.78 is 12.6. The highest BCUT2D eigenvalue weighted by Crippen LogP contribution is 2.43. The van der Waals surface area contributed by atoms with Gasteiger partial charge in [-0.3, -0.25) is 33.2 Å². The Labute approximate surface area is 238 Å². The van der Waals surface area contributed by atoms with E-state index >= 15 is 0 Å². The van der Waals surface area contributed by atoms with E-state index in [1.165, 1.54) is 9.80 Å². The molecular weight excluding hydrogens is 541 g/mol. The molecule has 10 heteroatoms. The van der Waals surface area contributed by atoms with E-state index in [9.17, 15) is 23.4 Å². The molecule has 4 amide bonds. The lowest BCUT2D eigenvalue weighted by Crippen LogP contribution is -2.58. The predicted octanol–water partition coefficient (Wildman–Crippen LogP) is 4.52. The third-order valence-corrected chi connectivity index (χ3v) is 12.5. The average molecular weight is 583 g/mol. The Balaban J connectivity index is 1.15. The summed E-state index contributed by atoms with van der Waals surface area (Å²) in [7, 11) is -0.931. The second-order valence-corrected chi connectivity index (χ2v) is 16.4. The van der Waals surface area contributed by atoms with Crippen LogP contribution in [0.25, 0.3) is 0 Å². The van der Waals surface area contributed by atoms with Crippen LogP contribution in [-0.4, -0.2) is 77.0 Å². The number of carbonyl (C=O) groups is 4. The Morgan fingerprint density at radius 3 is 2.16 bits per heavy atom. The summed E-state index contributed by atoms with van der Waals surface area (Å²) in [5.41, 5.74) is -1.08. The SMILES string of the molecule is CC(C)(CCCCS(=O)CCCCC(C)(C)N1C(=O)CC2SCCC2C1=O)N1C(=O)C=C2SCCC2C1=O. The summed E-state index contributed by atoms with van der Waals surface area (Å²) in [5, 5.41) is 0.159. The van der Waals surface area contributed by atoms with Crippen LogP contribution in [-0.2, 0) is 30.0 Å². The van der Waals surface area contributed by atoms with Gasteiger partial charge in [-0.2, -0.15) is 11.8 Å². The van der Waals surface area contributed by atoms with Gasteiger partial charge in [0.05, 0.1) is 11.8 Å². The number of piperidine rings is 1. The van der Waals surface area contributed by atoms with Crippen molar-refractivity contribution in [2.75, 3.05) is 23.0 Å². The van der Waals surface area contributed by atoms with Gasteiger partial charge in [-0.05, 0) is 77.7 Å². The molecule has 4 aliphatic rings. The molecule has 0 aromatic rings. The quantitative estimate of drug-likeness (QED) is 0.247. The molecule has 38 heavy (non-hydrogen) atoms. The Bertz CT molecular complexity index is 1020. The number of unbranched alkanes of at least 4 members (excludes halogenated alkanes) is 2. The summed E-state index contributed by atoms with van der Waals surface area (Å²) in [6.45, 7) is 7.85. The number of carbonyl (C=O) groups excluding carboxylic acids is 4. The van der Waals surface area contributed by atoms with Gasteiger partial charge >= 0.3 is 0 Å². The van der Waals surface area contributed by atoms with E-state index in [4.69, 9.17) is 0 Å². The minimum absolute atomic E-state index is 0.000650. The van der Waals surface area contributed by atoms with Crippen molar-refractivity contribution >= 4 is 58.0 Å².